The van der Waals surface area contributed by atoms with E-state index in [0.717, 1.165) is 12.1 Å². The molecule has 0 fully saturated rings. The van der Waals surface area contributed by atoms with E-state index in [9.17, 15) is 4.39 Å². The van der Waals surface area contributed by atoms with Crippen molar-refractivity contribution in [2.45, 2.75) is 39.8 Å². The van der Waals surface area contributed by atoms with Gasteiger partial charge < -0.3 is 10.1 Å². The lowest BCUT2D eigenvalue weighted by Gasteiger charge is -2.15. The fourth-order valence-corrected chi connectivity index (χ4v) is 1.65. The van der Waals surface area contributed by atoms with Crippen LogP contribution in [0.2, 0.25) is 0 Å². The van der Waals surface area contributed by atoms with Crippen LogP contribution in [0.5, 0.6) is 5.75 Å². The Bertz CT molecular complexity index is 440. The van der Waals surface area contributed by atoms with Crippen LogP contribution in [-0.2, 0) is 6.54 Å². The minimum absolute atomic E-state index is 0.293. The number of benzene rings is 1. The third kappa shape index (κ3) is 5.27. The Labute approximate surface area is 114 Å². The summed E-state index contributed by atoms with van der Waals surface area (Å²) in [5.41, 5.74) is 0.745. The molecular weight excluding hydrogens is 243 g/mol. The Morgan fingerprint density at radius 3 is 2.74 bits per heavy atom. The van der Waals surface area contributed by atoms with E-state index in [4.69, 9.17) is 10.00 Å². The van der Waals surface area contributed by atoms with E-state index in [2.05, 4.69) is 25.2 Å². The van der Waals surface area contributed by atoms with Crippen molar-refractivity contribution >= 4 is 0 Å². The molecule has 1 aromatic carbocycles. The van der Waals surface area contributed by atoms with E-state index in [1.54, 1.807) is 6.07 Å². The molecule has 0 spiro atoms. The summed E-state index contributed by atoms with van der Waals surface area (Å²) in [5.74, 6) is 0.810. The van der Waals surface area contributed by atoms with Gasteiger partial charge in [0.1, 0.15) is 17.6 Å². The van der Waals surface area contributed by atoms with Crippen LogP contribution in [0.1, 0.15) is 32.8 Å². The molecule has 0 bridgehead atoms. The molecule has 0 amide bonds. The molecule has 1 atom stereocenters. The molecular formula is C15H21FN2O. The van der Waals surface area contributed by atoms with E-state index in [-0.39, 0.29) is 5.82 Å². The largest absolute Gasteiger partial charge is 0.475 e. The van der Waals surface area contributed by atoms with Crippen LogP contribution in [0.15, 0.2) is 18.2 Å². The van der Waals surface area contributed by atoms with Gasteiger partial charge in [-0.1, -0.05) is 20.8 Å². The van der Waals surface area contributed by atoms with E-state index < -0.39 is 6.10 Å². The molecule has 0 saturated heterocycles. The highest BCUT2D eigenvalue weighted by Gasteiger charge is 2.11. The molecule has 104 valence electrons. The molecule has 0 heterocycles. The fourth-order valence-electron chi connectivity index (χ4n) is 1.65. The Morgan fingerprint density at radius 1 is 1.42 bits per heavy atom. The number of nitriles is 1. The molecule has 1 N–H and O–H groups in total. The van der Waals surface area contributed by atoms with Crippen LogP contribution in [0, 0.1) is 23.1 Å². The molecule has 0 radical (unpaired) electrons. The number of rotatable bonds is 7. The van der Waals surface area contributed by atoms with Crippen molar-refractivity contribution in [2.75, 3.05) is 6.54 Å². The van der Waals surface area contributed by atoms with E-state index >= 15 is 0 Å². The van der Waals surface area contributed by atoms with Crippen molar-refractivity contribution in [3.8, 4) is 11.8 Å². The molecule has 1 aromatic rings. The van der Waals surface area contributed by atoms with Crippen LogP contribution < -0.4 is 10.1 Å². The highest BCUT2D eigenvalue weighted by molar-refractivity contribution is 5.34. The van der Waals surface area contributed by atoms with Gasteiger partial charge in [-0.2, -0.15) is 5.26 Å². The number of hydrogen-bond acceptors (Lipinski definition) is 3. The van der Waals surface area contributed by atoms with Crippen molar-refractivity contribution in [3.63, 3.8) is 0 Å². The molecule has 0 aliphatic carbocycles. The minimum Gasteiger partial charge on any atom is -0.475 e. The lowest BCUT2D eigenvalue weighted by Crippen LogP contribution is -2.20. The van der Waals surface area contributed by atoms with Gasteiger partial charge in [-0.05, 0) is 37.1 Å². The van der Waals surface area contributed by atoms with Gasteiger partial charge in [0.15, 0.2) is 6.10 Å². The smallest absolute Gasteiger partial charge is 0.184 e. The predicted octanol–water partition coefficient (Wildman–Crippen LogP) is 3.25. The van der Waals surface area contributed by atoms with Crippen LogP contribution in [0.3, 0.4) is 0 Å². The van der Waals surface area contributed by atoms with E-state index in [1.807, 2.05) is 6.92 Å². The topological polar surface area (TPSA) is 45.0 Å². The zero-order chi connectivity index (χ0) is 14.3. The lowest BCUT2D eigenvalue weighted by molar-refractivity contribution is 0.248. The number of hydrogen-bond donors (Lipinski definition) is 1. The number of nitrogens with one attached hydrogen (secondary N) is 1. The van der Waals surface area contributed by atoms with Crippen molar-refractivity contribution in [2.24, 2.45) is 5.92 Å². The van der Waals surface area contributed by atoms with Gasteiger partial charge in [0.2, 0.25) is 0 Å². The Kier molecular flexibility index (Phi) is 6.31. The van der Waals surface area contributed by atoms with Crippen molar-refractivity contribution in [3.05, 3.63) is 29.6 Å². The van der Waals surface area contributed by atoms with Gasteiger partial charge in [0.05, 0.1) is 0 Å². The van der Waals surface area contributed by atoms with Gasteiger partial charge in [-0.15, -0.1) is 0 Å². The summed E-state index contributed by atoms with van der Waals surface area (Å²) < 4.78 is 18.9. The summed E-state index contributed by atoms with van der Waals surface area (Å²) >= 11 is 0. The zero-order valence-corrected chi connectivity index (χ0v) is 11.7. The lowest BCUT2D eigenvalue weighted by atomic mass is 10.1. The van der Waals surface area contributed by atoms with Crippen molar-refractivity contribution < 1.29 is 9.13 Å². The number of ether oxygens (including phenoxy) is 1. The summed E-state index contributed by atoms with van der Waals surface area (Å²) in [6, 6.07) is 6.47. The highest BCUT2D eigenvalue weighted by Crippen LogP contribution is 2.21. The van der Waals surface area contributed by atoms with Gasteiger partial charge >= 0.3 is 0 Å². The molecule has 1 unspecified atom stereocenters. The third-order valence-electron chi connectivity index (χ3n) is 2.67. The molecule has 0 aliphatic rings. The van der Waals surface area contributed by atoms with Crippen molar-refractivity contribution in [1.82, 2.24) is 5.32 Å². The first-order valence-electron chi connectivity index (χ1n) is 6.62. The second kappa shape index (κ2) is 7.75. The maximum atomic E-state index is 13.3. The van der Waals surface area contributed by atoms with Gasteiger partial charge in [0.25, 0.3) is 0 Å². The first-order valence-corrected chi connectivity index (χ1v) is 6.62. The zero-order valence-electron chi connectivity index (χ0n) is 11.7. The second-order valence-electron chi connectivity index (χ2n) is 4.92. The summed E-state index contributed by atoms with van der Waals surface area (Å²) in [7, 11) is 0. The maximum Gasteiger partial charge on any atom is 0.184 e. The maximum absolute atomic E-state index is 13.3. The average Bonchev–Trinajstić information content (AvgIpc) is 2.37. The molecule has 0 aromatic heterocycles. The Hall–Kier alpha value is -1.60. The minimum atomic E-state index is -0.491. The molecule has 0 saturated carbocycles. The SMILES string of the molecule is CCC(C#N)Oc1ccc(F)cc1CNCC(C)C. The van der Waals surface area contributed by atoms with Crippen LogP contribution >= 0.6 is 0 Å². The van der Waals surface area contributed by atoms with Gasteiger partial charge in [0, 0.05) is 12.1 Å². The fraction of sp³-hybridized carbons (Fsp3) is 0.533. The summed E-state index contributed by atoms with van der Waals surface area (Å²) in [6.45, 7) is 7.49. The molecule has 4 heteroatoms. The third-order valence-corrected chi connectivity index (χ3v) is 2.67. The van der Waals surface area contributed by atoms with Gasteiger partial charge in [-0.25, -0.2) is 4.39 Å². The average molecular weight is 264 g/mol. The first-order chi connectivity index (χ1) is 9.06. The first kappa shape index (κ1) is 15.5. The molecule has 3 nitrogen and oxygen atoms in total. The summed E-state index contributed by atoms with van der Waals surface area (Å²) in [5, 5.41) is 12.2. The van der Waals surface area contributed by atoms with E-state index in [0.29, 0.717) is 24.6 Å². The quantitative estimate of drug-likeness (QED) is 0.822. The number of halogens is 1. The van der Waals surface area contributed by atoms with Gasteiger partial charge in [-0.3, -0.25) is 0 Å². The van der Waals surface area contributed by atoms with Crippen molar-refractivity contribution in [1.29, 1.82) is 5.26 Å². The van der Waals surface area contributed by atoms with Crippen LogP contribution in [0.4, 0.5) is 4.39 Å². The Morgan fingerprint density at radius 2 is 2.16 bits per heavy atom. The molecule has 19 heavy (non-hydrogen) atoms. The highest BCUT2D eigenvalue weighted by atomic mass is 19.1. The number of nitrogens with zero attached hydrogens (tertiary/aromatic N) is 1. The van der Waals surface area contributed by atoms with Crippen LogP contribution in [0.25, 0.3) is 0 Å². The monoisotopic (exact) mass is 264 g/mol. The summed E-state index contributed by atoms with van der Waals surface area (Å²) in [6.07, 6.45) is 0.113. The Balaban J connectivity index is 2.76. The molecule has 1 rings (SSSR count). The summed E-state index contributed by atoms with van der Waals surface area (Å²) in [4.78, 5) is 0. The normalized spacial score (nSPS) is 12.2. The predicted molar refractivity (Wildman–Crippen MR) is 73.3 cm³/mol. The standard InChI is InChI=1S/C15H21FN2O/c1-4-14(8-17)19-15-6-5-13(16)7-12(15)10-18-9-11(2)3/h5-7,11,14,18H,4,9-10H2,1-3H3. The van der Waals surface area contributed by atoms with Crippen LogP contribution in [-0.4, -0.2) is 12.6 Å². The molecule has 0 aliphatic heterocycles. The second-order valence-corrected chi connectivity index (χ2v) is 4.92. The van der Waals surface area contributed by atoms with E-state index in [1.165, 1.54) is 12.1 Å².